The predicted octanol–water partition coefficient (Wildman–Crippen LogP) is 3.51. The SMILES string of the molecule is Cc1cc(F)cc(C(=O)C2CCCC2)c1. The fraction of sp³-hybridized carbons (Fsp3) is 0.462. The second-order valence-corrected chi connectivity index (χ2v) is 4.36. The maximum absolute atomic E-state index is 13.1. The van der Waals surface area contributed by atoms with E-state index in [0.717, 1.165) is 31.2 Å². The van der Waals surface area contributed by atoms with Crippen LogP contribution in [0.4, 0.5) is 4.39 Å². The number of carbonyl (C=O) groups excluding carboxylic acids is 1. The van der Waals surface area contributed by atoms with Crippen molar-refractivity contribution in [3.63, 3.8) is 0 Å². The molecule has 0 amide bonds. The van der Waals surface area contributed by atoms with E-state index in [2.05, 4.69) is 0 Å². The first kappa shape index (κ1) is 10.3. The molecule has 1 aromatic rings. The van der Waals surface area contributed by atoms with Gasteiger partial charge < -0.3 is 0 Å². The average molecular weight is 206 g/mol. The van der Waals surface area contributed by atoms with Gasteiger partial charge in [0.2, 0.25) is 0 Å². The predicted molar refractivity (Wildman–Crippen MR) is 57.4 cm³/mol. The van der Waals surface area contributed by atoms with Crippen LogP contribution < -0.4 is 0 Å². The number of ketones is 1. The molecule has 0 atom stereocenters. The molecule has 1 nitrogen and oxygen atoms in total. The fourth-order valence-corrected chi connectivity index (χ4v) is 2.30. The van der Waals surface area contributed by atoms with Crippen LogP contribution in [0.1, 0.15) is 41.6 Å². The smallest absolute Gasteiger partial charge is 0.166 e. The van der Waals surface area contributed by atoms with E-state index in [4.69, 9.17) is 0 Å². The van der Waals surface area contributed by atoms with Crippen LogP contribution in [0.5, 0.6) is 0 Å². The molecular weight excluding hydrogens is 191 g/mol. The highest BCUT2D eigenvalue weighted by molar-refractivity contribution is 5.98. The van der Waals surface area contributed by atoms with Gasteiger partial charge in [-0.05, 0) is 43.5 Å². The van der Waals surface area contributed by atoms with Gasteiger partial charge in [-0.1, -0.05) is 12.8 Å². The van der Waals surface area contributed by atoms with Crippen molar-refractivity contribution in [2.24, 2.45) is 5.92 Å². The Kier molecular flexibility index (Phi) is 2.85. The molecule has 0 aliphatic heterocycles. The number of aryl methyl sites for hydroxylation is 1. The second kappa shape index (κ2) is 4.13. The van der Waals surface area contributed by atoms with Gasteiger partial charge in [0.15, 0.2) is 5.78 Å². The zero-order chi connectivity index (χ0) is 10.8. The number of halogens is 1. The summed E-state index contributed by atoms with van der Waals surface area (Å²) < 4.78 is 13.1. The van der Waals surface area contributed by atoms with Crippen molar-refractivity contribution >= 4 is 5.78 Å². The summed E-state index contributed by atoms with van der Waals surface area (Å²) in [4.78, 5) is 12.0. The van der Waals surface area contributed by atoms with Gasteiger partial charge in [0, 0.05) is 11.5 Å². The average Bonchev–Trinajstić information content (AvgIpc) is 2.67. The van der Waals surface area contributed by atoms with E-state index in [9.17, 15) is 9.18 Å². The van der Waals surface area contributed by atoms with Gasteiger partial charge in [0.25, 0.3) is 0 Å². The lowest BCUT2D eigenvalue weighted by molar-refractivity contribution is 0.0922. The van der Waals surface area contributed by atoms with Crippen LogP contribution in [-0.4, -0.2) is 5.78 Å². The van der Waals surface area contributed by atoms with Crippen LogP contribution in [0, 0.1) is 18.7 Å². The molecule has 0 unspecified atom stereocenters. The van der Waals surface area contributed by atoms with Crippen LogP contribution in [0.15, 0.2) is 18.2 Å². The molecule has 1 saturated carbocycles. The van der Waals surface area contributed by atoms with Crippen molar-refractivity contribution in [2.75, 3.05) is 0 Å². The zero-order valence-corrected chi connectivity index (χ0v) is 8.92. The molecule has 0 bridgehead atoms. The Morgan fingerprint density at radius 1 is 1.27 bits per heavy atom. The van der Waals surface area contributed by atoms with Crippen molar-refractivity contribution in [1.29, 1.82) is 0 Å². The Balaban J connectivity index is 2.24. The monoisotopic (exact) mass is 206 g/mol. The quantitative estimate of drug-likeness (QED) is 0.677. The van der Waals surface area contributed by atoms with E-state index in [1.165, 1.54) is 12.1 Å². The summed E-state index contributed by atoms with van der Waals surface area (Å²) >= 11 is 0. The summed E-state index contributed by atoms with van der Waals surface area (Å²) in [5, 5.41) is 0. The number of rotatable bonds is 2. The molecule has 1 fully saturated rings. The molecule has 0 spiro atoms. The van der Waals surface area contributed by atoms with Crippen molar-refractivity contribution in [3.05, 3.63) is 35.1 Å². The first-order valence-electron chi connectivity index (χ1n) is 5.48. The van der Waals surface area contributed by atoms with E-state index in [1.807, 2.05) is 6.92 Å². The Morgan fingerprint density at radius 2 is 1.93 bits per heavy atom. The van der Waals surface area contributed by atoms with Gasteiger partial charge >= 0.3 is 0 Å². The van der Waals surface area contributed by atoms with Gasteiger partial charge in [-0.15, -0.1) is 0 Å². The summed E-state index contributed by atoms with van der Waals surface area (Å²) in [7, 11) is 0. The van der Waals surface area contributed by atoms with Gasteiger partial charge in [0.1, 0.15) is 5.82 Å². The summed E-state index contributed by atoms with van der Waals surface area (Å²) in [6.45, 7) is 1.81. The molecule has 0 aromatic heterocycles. The van der Waals surface area contributed by atoms with Gasteiger partial charge in [-0.2, -0.15) is 0 Å². The molecule has 0 heterocycles. The Bertz CT molecular complexity index is 358. The summed E-state index contributed by atoms with van der Waals surface area (Å²) in [6.07, 6.45) is 4.19. The third-order valence-corrected chi connectivity index (χ3v) is 3.05. The summed E-state index contributed by atoms with van der Waals surface area (Å²) in [5.74, 6) is -0.0577. The molecule has 0 saturated heterocycles. The molecule has 1 aromatic carbocycles. The summed E-state index contributed by atoms with van der Waals surface area (Å²) in [6, 6.07) is 4.59. The molecule has 15 heavy (non-hydrogen) atoms. The highest BCUT2D eigenvalue weighted by Crippen LogP contribution is 2.28. The molecular formula is C13H15FO. The van der Waals surface area contributed by atoms with E-state index < -0.39 is 0 Å². The molecule has 0 N–H and O–H groups in total. The van der Waals surface area contributed by atoms with Crippen molar-refractivity contribution in [3.8, 4) is 0 Å². The Labute approximate surface area is 89.3 Å². The van der Waals surface area contributed by atoms with Gasteiger partial charge in [0.05, 0.1) is 0 Å². The van der Waals surface area contributed by atoms with E-state index in [0.29, 0.717) is 5.56 Å². The number of Topliss-reactive ketones (excluding diaryl/α,β-unsaturated/α-hetero) is 1. The normalized spacial score (nSPS) is 16.9. The Morgan fingerprint density at radius 3 is 2.53 bits per heavy atom. The lowest BCUT2D eigenvalue weighted by atomic mass is 9.95. The molecule has 0 radical (unpaired) electrons. The van der Waals surface area contributed by atoms with E-state index in [-0.39, 0.29) is 17.5 Å². The molecule has 1 aliphatic carbocycles. The zero-order valence-electron chi connectivity index (χ0n) is 8.92. The standard InChI is InChI=1S/C13H15FO/c1-9-6-11(8-12(14)7-9)13(15)10-4-2-3-5-10/h6-8,10H,2-5H2,1H3. The van der Waals surface area contributed by atoms with E-state index in [1.54, 1.807) is 6.07 Å². The van der Waals surface area contributed by atoms with Crippen LogP contribution in [0.3, 0.4) is 0 Å². The van der Waals surface area contributed by atoms with Crippen LogP contribution in [-0.2, 0) is 0 Å². The third-order valence-electron chi connectivity index (χ3n) is 3.05. The highest BCUT2D eigenvalue weighted by Gasteiger charge is 2.24. The first-order valence-corrected chi connectivity index (χ1v) is 5.48. The largest absolute Gasteiger partial charge is 0.294 e. The first-order chi connectivity index (χ1) is 7.16. The maximum Gasteiger partial charge on any atom is 0.166 e. The van der Waals surface area contributed by atoms with Crippen LogP contribution in [0.2, 0.25) is 0 Å². The van der Waals surface area contributed by atoms with Gasteiger partial charge in [-0.25, -0.2) is 4.39 Å². The molecule has 2 heteroatoms. The number of hydrogen-bond donors (Lipinski definition) is 0. The second-order valence-electron chi connectivity index (χ2n) is 4.36. The minimum absolute atomic E-state index is 0.120. The minimum atomic E-state index is -0.309. The molecule has 80 valence electrons. The number of hydrogen-bond acceptors (Lipinski definition) is 1. The van der Waals surface area contributed by atoms with Crippen molar-refractivity contribution in [1.82, 2.24) is 0 Å². The van der Waals surface area contributed by atoms with Crippen molar-refractivity contribution < 1.29 is 9.18 Å². The van der Waals surface area contributed by atoms with Crippen LogP contribution in [0.25, 0.3) is 0 Å². The molecule has 2 rings (SSSR count). The highest BCUT2D eigenvalue weighted by atomic mass is 19.1. The fourth-order valence-electron chi connectivity index (χ4n) is 2.30. The number of benzene rings is 1. The minimum Gasteiger partial charge on any atom is -0.294 e. The van der Waals surface area contributed by atoms with Crippen LogP contribution >= 0.6 is 0 Å². The van der Waals surface area contributed by atoms with Crippen molar-refractivity contribution in [2.45, 2.75) is 32.6 Å². The summed E-state index contributed by atoms with van der Waals surface area (Å²) in [5.41, 5.74) is 1.36. The topological polar surface area (TPSA) is 17.1 Å². The lowest BCUT2D eigenvalue weighted by Crippen LogP contribution is -2.11. The number of carbonyl (C=O) groups is 1. The molecule has 1 aliphatic rings. The van der Waals surface area contributed by atoms with Gasteiger partial charge in [-0.3, -0.25) is 4.79 Å². The lowest BCUT2D eigenvalue weighted by Gasteiger charge is -2.08. The maximum atomic E-state index is 13.1. The Hall–Kier alpha value is -1.18. The van der Waals surface area contributed by atoms with E-state index >= 15 is 0 Å². The third kappa shape index (κ3) is 2.25.